The molecular formula is C12H12BrFN2O3S. The van der Waals surface area contributed by atoms with Crippen LogP contribution in [0, 0.1) is 5.82 Å². The van der Waals surface area contributed by atoms with Crippen molar-refractivity contribution in [2.75, 3.05) is 12.8 Å². The molecule has 0 atom stereocenters. The summed E-state index contributed by atoms with van der Waals surface area (Å²) >= 11 is 3.04. The Kier molecular flexibility index (Phi) is 4.17. The van der Waals surface area contributed by atoms with Crippen LogP contribution in [0.3, 0.4) is 0 Å². The normalized spacial score (nSPS) is 12.0. The van der Waals surface area contributed by atoms with Crippen molar-refractivity contribution in [3.63, 3.8) is 0 Å². The third-order valence-electron chi connectivity index (χ3n) is 2.72. The molecule has 1 aromatic heterocycles. The average molecular weight is 363 g/mol. The predicted molar refractivity (Wildman–Crippen MR) is 75.9 cm³/mol. The van der Waals surface area contributed by atoms with Crippen molar-refractivity contribution in [1.29, 1.82) is 0 Å². The first-order valence-corrected chi connectivity index (χ1v) is 7.77. The van der Waals surface area contributed by atoms with Crippen LogP contribution in [0.5, 0.6) is 0 Å². The van der Waals surface area contributed by atoms with Crippen LogP contribution in [0.4, 0.5) is 10.1 Å². The standard InChI is InChI=1S/C12H12BrFN2O3S/c1-16(6-8-2-3-19-7-8)20(17,18)12-5-11(15)10(14)4-9(12)13/h2-5,7H,6,15H2,1H3. The number of nitrogen functional groups attached to an aromatic ring is 1. The van der Waals surface area contributed by atoms with Crippen LogP contribution >= 0.6 is 15.9 Å². The van der Waals surface area contributed by atoms with E-state index < -0.39 is 15.8 Å². The van der Waals surface area contributed by atoms with Gasteiger partial charge in [0, 0.05) is 23.6 Å². The van der Waals surface area contributed by atoms with E-state index in [9.17, 15) is 12.8 Å². The highest BCUT2D eigenvalue weighted by Crippen LogP contribution is 2.29. The van der Waals surface area contributed by atoms with E-state index in [4.69, 9.17) is 10.2 Å². The van der Waals surface area contributed by atoms with Gasteiger partial charge in [-0.2, -0.15) is 4.31 Å². The largest absolute Gasteiger partial charge is 0.472 e. The average Bonchev–Trinajstić information content (AvgIpc) is 2.86. The molecule has 0 aliphatic heterocycles. The number of sulfonamides is 1. The van der Waals surface area contributed by atoms with Crippen LogP contribution < -0.4 is 5.73 Å². The van der Waals surface area contributed by atoms with Crippen LogP contribution in [-0.2, 0) is 16.6 Å². The van der Waals surface area contributed by atoms with Crippen molar-refractivity contribution in [1.82, 2.24) is 4.31 Å². The van der Waals surface area contributed by atoms with Gasteiger partial charge in [0.2, 0.25) is 10.0 Å². The monoisotopic (exact) mass is 362 g/mol. The minimum atomic E-state index is -3.79. The third-order valence-corrected chi connectivity index (χ3v) is 5.49. The van der Waals surface area contributed by atoms with Gasteiger partial charge in [-0.25, -0.2) is 12.8 Å². The highest BCUT2D eigenvalue weighted by atomic mass is 79.9. The summed E-state index contributed by atoms with van der Waals surface area (Å²) in [5.41, 5.74) is 5.92. The molecule has 1 heterocycles. The lowest BCUT2D eigenvalue weighted by Crippen LogP contribution is -2.26. The second kappa shape index (κ2) is 5.55. The topological polar surface area (TPSA) is 76.5 Å². The summed E-state index contributed by atoms with van der Waals surface area (Å²) in [6, 6.07) is 3.80. The van der Waals surface area contributed by atoms with E-state index in [1.807, 2.05) is 0 Å². The van der Waals surface area contributed by atoms with Gasteiger partial charge >= 0.3 is 0 Å². The number of benzene rings is 1. The molecule has 0 radical (unpaired) electrons. The van der Waals surface area contributed by atoms with E-state index in [1.165, 1.54) is 19.6 Å². The maximum atomic E-state index is 13.3. The summed E-state index contributed by atoms with van der Waals surface area (Å²) in [7, 11) is -2.36. The summed E-state index contributed by atoms with van der Waals surface area (Å²) in [6.45, 7) is 0.141. The Hall–Kier alpha value is -1.38. The minimum absolute atomic E-state index is 0.0811. The summed E-state index contributed by atoms with van der Waals surface area (Å²) in [5.74, 6) is -0.673. The number of nitrogens with two attached hydrogens (primary N) is 1. The van der Waals surface area contributed by atoms with Gasteiger partial charge in [0.25, 0.3) is 0 Å². The van der Waals surface area contributed by atoms with E-state index in [2.05, 4.69) is 15.9 Å². The van der Waals surface area contributed by atoms with E-state index >= 15 is 0 Å². The Bertz CT molecular complexity index is 717. The zero-order valence-electron chi connectivity index (χ0n) is 10.5. The van der Waals surface area contributed by atoms with Crippen LogP contribution in [0.25, 0.3) is 0 Å². The van der Waals surface area contributed by atoms with Gasteiger partial charge in [-0.3, -0.25) is 0 Å². The predicted octanol–water partition coefficient (Wildman–Crippen LogP) is 2.58. The zero-order valence-corrected chi connectivity index (χ0v) is 12.9. The van der Waals surface area contributed by atoms with Crippen LogP contribution in [0.15, 0.2) is 44.5 Å². The van der Waals surface area contributed by atoms with Crippen molar-refractivity contribution in [2.24, 2.45) is 0 Å². The molecule has 0 bridgehead atoms. The van der Waals surface area contributed by atoms with Gasteiger partial charge in [0.15, 0.2) is 0 Å². The van der Waals surface area contributed by atoms with Crippen molar-refractivity contribution in [3.05, 3.63) is 46.6 Å². The SMILES string of the molecule is CN(Cc1ccoc1)S(=O)(=O)c1cc(N)c(F)cc1Br. The molecule has 0 amide bonds. The molecule has 20 heavy (non-hydrogen) atoms. The van der Waals surface area contributed by atoms with E-state index in [-0.39, 0.29) is 21.6 Å². The number of rotatable bonds is 4. The maximum Gasteiger partial charge on any atom is 0.244 e. The van der Waals surface area contributed by atoms with Crippen molar-refractivity contribution in [2.45, 2.75) is 11.4 Å². The van der Waals surface area contributed by atoms with Gasteiger partial charge in [0.05, 0.1) is 23.1 Å². The van der Waals surface area contributed by atoms with Gasteiger partial charge in [-0.15, -0.1) is 0 Å². The minimum Gasteiger partial charge on any atom is -0.472 e. The lowest BCUT2D eigenvalue weighted by molar-refractivity contribution is 0.463. The third kappa shape index (κ3) is 2.87. The number of hydrogen-bond donors (Lipinski definition) is 1. The smallest absolute Gasteiger partial charge is 0.244 e. The van der Waals surface area contributed by atoms with Gasteiger partial charge < -0.3 is 10.2 Å². The maximum absolute atomic E-state index is 13.3. The number of nitrogens with zero attached hydrogens (tertiary/aromatic N) is 1. The number of hydrogen-bond acceptors (Lipinski definition) is 4. The molecule has 0 saturated heterocycles. The molecule has 2 rings (SSSR count). The summed E-state index contributed by atoms with van der Waals surface area (Å²) in [4.78, 5) is -0.0811. The Morgan fingerprint density at radius 1 is 1.45 bits per heavy atom. The number of furan rings is 1. The van der Waals surface area contributed by atoms with Crippen LogP contribution in [0.2, 0.25) is 0 Å². The molecule has 108 valence electrons. The van der Waals surface area contributed by atoms with Crippen LogP contribution in [0.1, 0.15) is 5.56 Å². The molecule has 0 spiro atoms. The second-order valence-corrected chi connectivity index (χ2v) is 7.06. The van der Waals surface area contributed by atoms with Crippen molar-refractivity contribution < 1.29 is 17.2 Å². The Labute approximate surface area is 124 Å². The fraction of sp³-hybridized carbons (Fsp3) is 0.167. The molecule has 5 nitrogen and oxygen atoms in total. The first-order valence-electron chi connectivity index (χ1n) is 5.54. The molecule has 2 aromatic rings. The Morgan fingerprint density at radius 3 is 2.75 bits per heavy atom. The molecule has 2 N–H and O–H groups in total. The van der Waals surface area contributed by atoms with E-state index in [1.54, 1.807) is 6.07 Å². The molecule has 0 fully saturated rings. The number of halogens is 2. The molecule has 0 unspecified atom stereocenters. The fourth-order valence-electron chi connectivity index (χ4n) is 1.64. The summed E-state index contributed by atoms with van der Waals surface area (Å²) in [6.07, 6.45) is 2.92. The first kappa shape index (κ1) is 15.0. The quantitative estimate of drug-likeness (QED) is 0.848. The lowest BCUT2D eigenvalue weighted by Gasteiger charge is -2.17. The van der Waals surface area contributed by atoms with Crippen molar-refractivity contribution >= 4 is 31.6 Å². The van der Waals surface area contributed by atoms with Gasteiger partial charge in [-0.05, 0) is 34.1 Å². The fourth-order valence-corrected chi connectivity index (χ4v) is 3.80. The molecule has 8 heteroatoms. The Morgan fingerprint density at radius 2 is 2.15 bits per heavy atom. The summed E-state index contributed by atoms with van der Waals surface area (Å²) in [5, 5.41) is 0. The zero-order chi connectivity index (χ0) is 14.9. The lowest BCUT2D eigenvalue weighted by atomic mass is 10.3. The second-order valence-electron chi connectivity index (χ2n) is 4.20. The highest BCUT2D eigenvalue weighted by Gasteiger charge is 2.25. The van der Waals surface area contributed by atoms with Crippen LogP contribution in [-0.4, -0.2) is 19.8 Å². The molecule has 0 aliphatic rings. The van der Waals surface area contributed by atoms with E-state index in [0.717, 1.165) is 16.4 Å². The molecular weight excluding hydrogens is 351 g/mol. The van der Waals surface area contributed by atoms with Gasteiger partial charge in [-0.1, -0.05) is 0 Å². The first-order chi connectivity index (χ1) is 9.32. The van der Waals surface area contributed by atoms with E-state index in [0.29, 0.717) is 5.56 Å². The molecule has 0 saturated carbocycles. The highest BCUT2D eigenvalue weighted by molar-refractivity contribution is 9.10. The molecule has 0 aliphatic carbocycles. The summed E-state index contributed by atoms with van der Waals surface area (Å²) < 4.78 is 44.3. The van der Waals surface area contributed by atoms with Crippen molar-refractivity contribution in [3.8, 4) is 0 Å². The molecule has 1 aromatic carbocycles. The Balaban J connectivity index is 2.37. The number of anilines is 1. The van der Waals surface area contributed by atoms with Gasteiger partial charge in [0.1, 0.15) is 5.82 Å².